The molecule has 0 saturated carbocycles. The number of carbonyl (C=O) groups excluding carboxylic acids is 2. The van der Waals surface area contributed by atoms with Gasteiger partial charge in [-0.05, 0) is 83.2 Å². The highest BCUT2D eigenvalue weighted by atomic mass is 16.5. The third-order valence-electron chi connectivity index (χ3n) is 9.81. The molecule has 1 N–H and O–H groups in total. The van der Waals surface area contributed by atoms with Gasteiger partial charge in [-0.25, -0.2) is 0 Å². The maximum absolute atomic E-state index is 12.7. The second kappa shape index (κ2) is 30.7. The van der Waals surface area contributed by atoms with E-state index in [2.05, 4.69) is 39.5 Å². The summed E-state index contributed by atoms with van der Waals surface area (Å²) in [6, 6.07) is 0. The zero-order valence-corrected chi connectivity index (χ0v) is 33.3. The van der Waals surface area contributed by atoms with Crippen LogP contribution in [0, 0.1) is 16.7 Å². The molecule has 0 aliphatic carbocycles. The standard InChI is InChI=1S/C42H83NO5/c1-8-9-10-11-12-15-21-29-39(45)48-37-41(4,5)30-22-19-25-33-43(34-27-35-44)32-24-17-16-23-31-42(6,7)40(46)47-36-26-18-13-14-20-28-38(2)3/h38,44H,8-37H2,1-7H3. The molecule has 6 heteroatoms. The minimum atomic E-state index is -0.409. The van der Waals surface area contributed by atoms with Crippen LogP contribution >= 0.6 is 0 Å². The van der Waals surface area contributed by atoms with E-state index in [-0.39, 0.29) is 24.0 Å². The zero-order chi connectivity index (χ0) is 35.9. The van der Waals surface area contributed by atoms with Crippen LogP contribution in [0.15, 0.2) is 0 Å². The molecule has 0 aliphatic heterocycles. The summed E-state index contributed by atoms with van der Waals surface area (Å²) in [6.07, 6.45) is 27.1. The summed E-state index contributed by atoms with van der Waals surface area (Å²) < 4.78 is 11.3. The third kappa shape index (κ3) is 29.7. The quantitative estimate of drug-likeness (QED) is 0.0530. The van der Waals surface area contributed by atoms with Crippen molar-refractivity contribution in [1.82, 2.24) is 4.90 Å². The molecule has 48 heavy (non-hydrogen) atoms. The summed E-state index contributed by atoms with van der Waals surface area (Å²) in [5, 5.41) is 9.39. The average Bonchev–Trinajstić information content (AvgIpc) is 3.04. The van der Waals surface area contributed by atoms with Gasteiger partial charge in [0.25, 0.3) is 0 Å². The van der Waals surface area contributed by atoms with E-state index in [0.717, 1.165) is 103 Å². The van der Waals surface area contributed by atoms with Gasteiger partial charge in [-0.2, -0.15) is 0 Å². The molecule has 0 radical (unpaired) electrons. The van der Waals surface area contributed by atoms with Gasteiger partial charge in [-0.3, -0.25) is 9.59 Å². The Bertz CT molecular complexity index is 750. The first-order valence-corrected chi connectivity index (χ1v) is 20.6. The molecular weight excluding hydrogens is 598 g/mol. The number of ether oxygens (including phenoxy) is 2. The van der Waals surface area contributed by atoms with Crippen LogP contribution in [-0.2, 0) is 19.1 Å². The van der Waals surface area contributed by atoms with Crippen molar-refractivity contribution in [3.63, 3.8) is 0 Å². The Balaban J connectivity index is 4.04. The number of rotatable bonds is 35. The molecule has 286 valence electrons. The largest absolute Gasteiger partial charge is 0.465 e. The molecule has 0 rings (SSSR count). The van der Waals surface area contributed by atoms with Gasteiger partial charge >= 0.3 is 11.9 Å². The highest BCUT2D eigenvalue weighted by Gasteiger charge is 2.28. The Morgan fingerprint density at radius 3 is 1.79 bits per heavy atom. The van der Waals surface area contributed by atoms with Gasteiger partial charge in [0.2, 0.25) is 0 Å². The van der Waals surface area contributed by atoms with E-state index >= 15 is 0 Å². The first kappa shape index (κ1) is 46.9. The van der Waals surface area contributed by atoms with Crippen LogP contribution in [0.1, 0.15) is 203 Å². The summed E-state index contributed by atoms with van der Waals surface area (Å²) in [5.41, 5.74) is -0.391. The third-order valence-corrected chi connectivity index (χ3v) is 9.81. The molecule has 0 atom stereocenters. The van der Waals surface area contributed by atoms with Crippen LogP contribution in [0.4, 0.5) is 0 Å². The number of esters is 2. The summed E-state index contributed by atoms with van der Waals surface area (Å²) in [6.45, 7) is 19.7. The Labute approximate surface area is 299 Å². The van der Waals surface area contributed by atoms with Crippen molar-refractivity contribution >= 4 is 11.9 Å². The molecule has 0 aromatic carbocycles. The molecule has 0 aliphatic rings. The second-order valence-electron chi connectivity index (χ2n) is 16.6. The highest BCUT2D eigenvalue weighted by Crippen LogP contribution is 2.27. The minimum Gasteiger partial charge on any atom is -0.465 e. The van der Waals surface area contributed by atoms with Gasteiger partial charge in [0.1, 0.15) is 0 Å². The van der Waals surface area contributed by atoms with Crippen LogP contribution in [0.2, 0.25) is 0 Å². The lowest BCUT2D eigenvalue weighted by molar-refractivity contribution is -0.154. The topological polar surface area (TPSA) is 76.1 Å². The predicted molar refractivity (Wildman–Crippen MR) is 204 cm³/mol. The van der Waals surface area contributed by atoms with Crippen molar-refractivity contribution in [1.29, 1.82) is 0 Å². The van der Waals surface area contributed by atoms with Crippen LogP contribution in [0.3, 0.4) is 0 Å². The molecule has 6 nitrogen and oxygen atoms in total. The first-order chi connectivity index (χ1) is 22.9. The lowest BCUT2D eigenvalue weighted by atomic mass is 9.87. The van der Waals surface area contributed by atoms with Gasteiger partial charge in [0.05, 0.1) is 18.6 Å². The van der Waals surface area contributed by atoms with E-state index in [9.17, 15) is 14.7 Å². The van der Waals surface area contributed by atoms with Crippen molar-refractivity contribution in [3.8, 4) is 0 Å². The summed E-state index contributed by atoms with van der Waals surface area (Å²) in [7, 11) is 0. The van der Waals surface area contributed by atoms with Crippen LogP contribution in [0.25, 0.3) is 0 Å². The van der Waals surface area contributed by atoms with Crippen molar-refractivity contribution < 1.29 is 24.2 Å². The number of nitrogens with zero attached hydrogens (tertiary/aromatic N) is 1. The van der Waals surface area contributed by atoms with E-state index in [4.69, 9.17) is 9.47 Å². The van der Waals surface area contributed by atoms with E-state index in [0.29, 0.717) is 19.6 Å². The van der Waals surface area contributed by atoms with Crippen LogP contribution in [-0.4, -0.2) is 61.4 Å². The molecule has 0 aromatic heterocycles. The van der Waals surface area contributed by atoms with Gasteiger partial charge < -0.3 is 19.5 Å². The fourth-order valence-electron chi connectivity index (χ4n) is 6.30. The molecule has 0 bridgehead atoms. The molecule has 0 unspecified atom stereocenters. The maximum atomic E-state index is 12.7. The van der Waals surface area contributed by atoms with E-state index in [1.165, 1.54) is 70.6 Å². The van der Waals surface area contributed by atoms with Crippen LogP contribution < -0.4 is 0 Å². The SMILES string of the molecule is CCCCCCCCCC(=O)OCC(C)(C)CCCCCN(CCCO)CCCCCCC(C)(C)C(=O)OCCCCCCCC(C)C. The van der Waals surface area contributed by atoms with E-state index < -0.39 is 5.41 Å². The Morgan fingerprint density at radius 2 is 1.15 bits per heavy atom. The van der Waals surface area contributed by atoms with Crippen molar-refractivity contribution in [3.05, 3.63) is 0 Å². The first-order valence-electron chi connectivity index (χ1n) is 20.6. The van der Waals surface area contributed by atoms with Gasteiger partial charge in [0.15, 0.2) is 0 Å². The maximum Gasteiger partial charge on any atom is 0.311 e. The van der Waals surface area contributed by atoms with E-state index in [1.807, 2.05) is 13.8 Å². The predicted octanol–water partition coefficient (Wildman–Crippen LogP) is 11.5. The van der Waals surface area contributed by atoms with Gasteiger partial charge in [-0.1, -0.05) is 137 Å². The smallest absolute Gasteiger partial charge is 0.311 e. The monoisotopic (exact) mass is 682 g/mol. The molecule has 0 saturated heterocycles. The fraction of sp³-hybridized carbons (Fsp3) is 0.952. The highest BCUT2D eigenvalue weighted by molar-refractivity contribution is 5.75. The lowest BCUT2D eigenvalue weighted by Gasteiger charge is -2.25. The fourth-order valence-corrected chi connectivity index (χ4v) is 6.30. The summed E-state index contributed by atoms with van der Waals surface area (Å²) in [4.78, 5) is 27.4. The molecule has 0 spiro atoms. The Kier molecular flexibility index (Phi) is 29.9. The number of hydrogen-bond acceptors (Lipinski definition) is 6. The molecule has 0 amide bonds. The normalized spacial score (nSPS) is 12.3. The van der Waals surface area contributed by atoms with Crippen molar-refractivity contribution in [2.75, 3.05) is 39.5 Å². The summed E-state index contributed by atoms with van der Waals surface area (Å²) >= 11 is 0. The number of aliphatic hydroxyl groups excluding tert-OH is 1. The van der Waals surface area contributed by atoms with Crippen molar-refractivity contribution in [2.24, 2.45) is 16.7 Å². The number of carbonyl (C=O) groups is 2. The summed E-state index contributed by atoms with van der Waals surface area (Å²) in [5.74, 6) is 0.715. The number of hydrogen-bond donors (Lipinski definition) is 1. The van der Waals surface area contributed by atoms with E-state index in [1.54, 1.807) is 0 Å². The average molecular weight is 682 g/mol. The Hall–Kier alpha value is -1.14. The van der Waals surface area contributed by atoms with Gasteiger partial charge in [0, 0.05) is 19.6 Å². The molecule has 0 fully saturated rings. The number of unbranched alkanes of at least 4 members (excludes halogenated alkanes) is 15. The second-order valence-corrected chi connectivity index (χ2v) is 16.6. The molecule has 0 heterocycles. The number of aliphatic hydroxyl groups is 1. The zero-order valence-electron chi connectivity index (χ0n) is 33.3. The van der Waals surface area contributed by atoms with Crippen molar-refractivity contribution in [2.45, 2.75) is 203 Å². The molecular formula is C42H83NO5. The van der Waals surface area contributed by atoms with Crippen LogP contribution in [0.5, 0.6) is 0 Å². The van der Waals surface area contributed by atoms with Gasteiger partial charge in [-0.15, -0.1) is 0 Å². The Morgan fingerprint density at radius 1 is 0.625 bits per heavy atom. The minimum absolute atomic E-state index is 0.0182. The molecule has 0 aromatic rings. The lowest BCUT2D eigenvalue weighted by Crippen LogP contribution is -2.28.